The van der Waals surface area contributed by atoms with Gasteiger partial charge in [0, 0.05) is 5.56 Å². The highest BCUT2D eigenvalue weighted by Crippen LogP contribution is 2.19. The molecule has 2 aromatic rings. The highest BCUT2D eigenvalue weighted by atomic mass is 15.1. The van der Waals surface area contributed by atoms with Crippen LogP contribution in [0.25, 0.3) is 0 Å². The summed E-state index contributed by atoms with van der Waals surface area (Å²) in [6.45, 7) is 1.96. The number of hydrogen-bond acceptors (Lipinski definition) is 3. The van der Waals surface area contributed by atoms with E-state index in [2.05, 4.69) is 16.3 Å². The molecule has 0 saturated heterocycles. The fourth-order valence-corrected chi connectivity index (χ4v) is 1.46. The van der Waals surface area contributed by atoms with Crippen LogP contribution in [0.1, 0.15) is 11.1 Å². The molecular formula is C14H13N4. The maximum atomic E-state index is 7.29. The number of nitrogens with zero attached hydrogens (tertiary/aromatic N) is 2. The fourth-order valence-electron chi connectivity index (χ4n) is 1.46. The van der Waals surface area contributed by atoms with E-state index < -0.39 is 0 Å². The number of nitrogens with one attached hydrogen (secondary N) is 1. The van der Waals surface area contributed by atoms with Crippen LogP contribution in [0.3, 0.4) is 0 Å². The van der Waals surface area contributed by atoms with Crippen LogP contribution >= 0.6 is 0 Å². The van der Waals surface area contributed by atoms with Crippen molar-refractivity contribution in [2.75, 3.05) is 0 Å². The number of hydrogen-bond donors (Lipinski definition) is 2. The monoisotopic (exact) mass is 237 g/mol. The van der Waals surface area contributed by atoms with Gasteiger partial charge in [-0.25, -0.2) is 0 Å². The molecule has 4 nitrogen and oxygen atoms in total. The van der Waals surface area contributed by atoms with Gasteiger partial charge in [0.05, 0.1) is 11.4 Å². The van der Waals surface area contributed by atoms with Gasteiger partial charge in [-0.3, -0.25) is 5.41 Å². The molecule has 0 aliphatic rings. The lowest BCUT2D eigenvalue weighted by Crippen LogP contribution is -2.10. The van der Waals surface area contributed by atoms with Crippen LogP contribution in [-0.4, -0.2) is 5.84 Å². The summed E-state index contributed by atoms with van der Waals surface area (Å²) in [5, 5.41) is 15.5. The van der Waals surface area contributed by atoms with Crippen LogP contribution in [0.5, 0.6) is 0 Å². The molecule has 0 bridgehead atoms. The van der Waals surface area contributed by atoms with E-state index >= 15 is 0 Å². The zero-order valence-corrected chi connectivity index (χ0v) is 10.0. The molecule has 2 aromatic carbocycles. The molecule has 0 aliphatic carbocycles. The number of amidine groups is 1. The molecule has 0 atom stereocenters. The number of rotatable bonds is 3. The third-order valence-electron chi connectivity index (χ3n) is 2.39. The Balaban J connectivity index is 2.16. The first-order valence-corrected chi connectivity index (χ1v) is 5.50. The van der Waals surface area contributed by atoms with Crippen LogP contribution in [0.15, 0.2) is 52.7 Å². The predicted molar refractivity (Wildman–Crippen MR) is 71.6 cm³/mol. The second-order valence-corrected chi connectivity index (χ2v) is 3.89. The van der Waals surface area contributed by atoms with E-state index in [1.54, 1.807) is 24.3 Å². The average Bonchev–Trinajstić information content (AvgIpc) is 2.37. The van der Waals surface area contributed by atoms with Crippen molar-refractivity contribution in [1.29, 1.82) is 5.41 Å². The molecule has 0 amide bonds. The largest absolute Gasteiger partial charge is 0.384 e. The first kappa shape index (κ1) is 12.0. The summed E-state index contributed by atoms with van der Waals surface area (Å²) in [5.74, 6) is 0.0488. The summed E-state index contributed by atoms with van der Waals surface area (Å²) >= 11 is 0. The molecule has 18 heavy (non-hydrogen) atoms. The van der Waals surface area contributed by atoms with Crippen LogP contribution in [-0.2, 0) is 0 Å². The predicted octanol–water partition coefficient (Wildman–Crippen LogP) is 3.49. The Morgan fingerprint density at radius 1 is 1.11 bits per heavy atom. The lowest BCUT2D eigenvalue weighted by molar-refractivity contribution is 1.22. The normalized spacial score (nSPS) is 10.7. The zero-order chi connectivity index (χ0) is 13.0. The van der Waals surface area contributed by atoms with E-state index in [1.807, 2.05) is 25.1 Å². The van der Waals surface area contributed by atoms with E-state index in [9.17, 15) is 0 Å². The minimum absolute atomic E-state index is 0.0488. The van der Waals surface area contributed by atoms with Crippen LogP contribution < -0.4 is 5.73 Å². The van der Waals surface area contributed by atoms with Gasteiger partial charge in [-0.2, -0.15) is 10.2 Å². The van der Waals surface area contributed by atoms with Gasteiger partial charge in [-0.1, -0.05) is 6.07 Å². The zero-order valence-electron chi connectivity index (χ0n) is 10.0. The molecule has 1 radical (unpaired) electrons. The molecule has 0 aliphatic heterocycles. The summed E-state index contributed by atoms with van der Waals surface area (Å²) < 4.78 is 0. The third kappa shape index (κ3) is 3.01. The highest BCUT2D eigenvalue weighted by molar-refractivity contribution is 5.95. The molecule has 3 N–H and O–H groups in total. The molecular weight excluding hydrogens is 224 g/mol. The number of benzene rings is 2. The first-order valence-electron chi connectivity index (χ1n) is 5.50. The van der Waals surface area contributed by atoms with Crippen molar-refractivity contribution in [3.8, 4) is 0 Å². The average molecular weight is 237 g/mol. The van der Waals surface area contributed by atoms with Gasteiger partial charge in [0.1, 0.15) is 5.84 Å². The highest BCUT2D eigenvalue weighted by Gasteiger charge is 1.96. The molecule has 2 rings (SSSR count). The van der Waals surface area contributed by atoms with Gasteiger partial charge in [-0.05, 0) is 55.0 Å². The second-order valence-electron chi connectivity index (χ2n) is 3.89. The summed E-state index contributed by atoms with van der Waals surface area (Å²) in [6, 6.07) is 15.7. The Labute approximate surface area is 106 Å². The Hall–Kier alpha value is -2.49. The number of azo groups is 1. The van der Waals surface area contributed by atoms with Gasteiger partial charge < -0.3 is 5.73 Å². The van der Waals surface area contributed by atoms with Crippen molar-refractivity contribution < 1.29 is 0 Å². The second kappa shape index (κ2) is 5.23. The lowest BCUT2D eigenvalue weighted by atomic mass is 10.2. The molecule has 0 spiro atoms. The van der Waals surface area contributed by atoms with Crippen molar-refractivity contribution in [3.63, 3.8) is 0 Å². The van der Waals surface area contributed by atoms with E-state index in [-0.39, 0.29) is 5.84 Å². The summed E-state index contributed by atoms with van der Waals surface area (Å²) in [5.41, 5.74) is 8.60. The van der Waals surface area contributed by atoms with Crippen LogP contribution in [0.4, 0.5) is 11.4 Å². The fraction of sp³-hybridized carbons (Fsp3) is 0.0714. The maximum Gasteiger partial charge on any atom is 0.122 e. The van der Waals surface area contributed by atoms with Crippen LogP contribution in [0, 0.1) is 18.4 Å². The summed E-state index contributed by atoms with van der Waals surface area (Å²) in [6.07, 6.45) is 0. The number of aryl methyl sites for hydroxylation is 1. The van der Waals surface area contributed by atoms with Crippen LogP contribution in [0.2, 0.25) is 0 Å². The first-order chi connectivity index (χ1) is 8.65. The Kier molecular flexibility index (Phi) is 3.48. The van der Waals surface area contributed by atoms with Gasteiger partial charge in [0.2, 0.25) is 0 Å². The van der Waals surface area contributed by atoms with Crippen molar-refractivity contribution in [2.45, 2.75) is 6.92 Å². The molecule has 0 fully saturated rings. The van der Waals surface area contributed by atoms with Gasteiger partial charge in [-0.15, -0.1) is 0 Å². The Morgan fingerprint density at radius 3 is 2.39 bits per heavy atom. The maximum absolute atomic E-state index is 7.29. The molecule has 0 aromatic heterocycles. The van der Waals surface area contributed by atoms with E-state index in [4.69, 9.17) is 11.1 Å². The minimum Gasteiger partial charge on any atom is -0.384 e. The van der Waals surface area contributed by atoms with E-state index in [1.165, 1.54) is 0 Å². The molecule has 0 heterocycles. The lowest BCUT2D eigenvalue weighted by Gasteiger charge is -1.98. The summed E-state index contributed by atoms with van der Waals surface area (Å²) in [4.78, 5) is 0. The van der Waals surface area contributed by atoms with Gasteiger partial charge >= 0.3 is 0 Å². The smallest absolute Gasteiger partial charge is 0.122 e. The van der Waals surface area contributed by atoms with Crippen molar-refractivity contribution in [2.24, 2.45) is 16.0 Å². The quantitative estimate of drug-likeness (QED) is 0.478. The minimum atomic E-state index is 0.0488. The molecule has 89 valence electrons. The van der Waals surface area contributed by atoms with Crippen molar-refractivity contribution in [1.82, 2.24) is 0 Å². The van der Waals surface area contributed by atoms with E-state index in [0.717, 1.165) is 16.9 Å². The Bertz CT molecular complexity index is 585. The summed E-state index contributed by atoms with van der Waals surface area (Å²) in [7, 11) is 0. The third-order valence-corrected chi connectivity index (χ3v) is 2.39. The molecule has 4 heteroatoms. The Morgan fingerprint density at radius 2 is 1.78 bits per heavy atom. The molecule has 0 unspecified atom stereocenters. The SMILES string of the molecule is Cc1[c]ccc(N=Nc2ccc(C(=N)N)cc2)c1. The number of nitrogen functional groups attached to an aromatic ring is 1. The van der Waals surface area contributed by atoms with Crippen molar-refractivity contribution in [3.05, 3.63) is 59.7 Å². The van der Waals surface area contributed by atoms with Crippen molar-refractivity contribution >= 4 is 17.2 Å². The van der Waals surface area contributed by atoms with Gasteiger partial charge in [0.15, 0.2) is 0 Å². The van der Waals surface area contributed by atoms with Gasteiger partial charge in [0.25, 0.3) is 0 Å². The van der Waals surface area contributed by atoms with E-state index in [0.29, 0.717) is 5.56 Å². The number of nitrogens with two attached hydrogens (primary N) is 1. The standard InChI is InChI=1S/C14H13N4/c1-10-3-2-4-13(9-10)18-17-12-7-5-11(6-8-12)14(15)16/h2,4-9H,1H3,(H3,15,16). The topological polar surface area (TPSA) is 74.6 Å². The molecule has 0 saturated carbocycles.